The van der Waals surface area contributed by atoms with Crippen molar-refractivity contribution >= 4 is 0 Å². The predicted octanol–water partition coefficient (Wildman–Crippen LogP) is 4.50. The van der Waals surface area contributed by atoms with Crippen LogP contribution in [0.2, 0.25) is 0 Å². The zero-order chi connectivity index (χ0) is 13.4. The van der Waals surface area contributed by atoms with Gasteiger partial charge in [-0.2, -0.15) is 0 Å². The molecule has 0 aromatic heterocycles. The van der Waals surface area contributed by atoms with E-state index in [1.807, 2.05) is 0 Å². The normalized spacial score (nSPS) is 32.2. The molecule has 102 valence electrons. The van der Waals surface area contributed by atoms with E-state index < -0.39 is 0 Å². The van der Waals surface area contributed by atoms with Gasteiger partial charge in [-0.15, -0.1) is 0 Å². The fourth-order valence-electron chi connectivity index (χ4n) is 4.26. The van der Waals surface area contributed by atoms with E-state index in [0.29, 0.717) is 5.92 Å². The fourth-order valence-corrected chi connectivity index (χ4v) is 4.26. The second-order valence-corrected chi connectivity index (χ2v) is 6.16. The SMILES string of the molecule is c1ccc([C@H]2OC[C@@]3(c4ccccc4)CCC[C@@H]23)cc1. The van der Waals surface area contributed by atoms with Gasteiger partial charge in [-0.05, 0) is 24.0 Å². The number of ether oxygens (including phenoxy) is 1. The average Bonchev–Trinajstić information content (AvgIpc) is 3.08. The van der Waals surface area contributed by atoms with Gasteiger partial charge in [-0.25, -0.2) is 0 Å². The highest BCUT2D eigenvalue weighted by molar-refractivity contribution is 5.33. The maximum absolute atomic E-state index is 6.26. The van der Waals surface area contributed by atoms with Crippen LogP contribution in [0.5, 0.6) is 0 Å². The second kappa shape index (κ2) is 4.75. The van der Waals surface area contributed by atoms with Gasteiger partial charge in [0.05, 0.1) is 12.7 Å². The van der Waals surface area contributed by atoms with E-state index in [9.17, 15) is 0 Å². The molecule has 1 heteroatoms. The van der Waals surface area contributed by atoms with Gasteiger partial charge in [0.2, 0.25) is 0 Å². The van der Waals surface area contributed by atoms with E-state index >= 15 is 0 Å². The van der Waals surface area contributed by atoms with Crippen molar-refractivity contribution < 1.29 is 4.74 Å². The van der Waals surface area contributed by atoms with Crippen molar-refractivity contribution in [2.75, 3.05) is 6.61 Å². The third kappa shape index (κ3) is 1.73. The Bertz CT molecular complexity index is 577. The van der Waals surface area contributed by atoms with Crippen LogP contribution in [0.4, 0.5) is 0 Å². The molecule has 0 amide bonds. The van der Waals surface area contributed by atoms with Crippen molar-refractivity contribution in [3.63, 3.8) is 0 Å². The summed E-state index contributed by atoms with van der Waals surface area (Å²) in [5.74, 6) is 0.632. The number of hydrogen-bond donors (Lipinski definition) is 0. The summed E-state index contributed by atoms with van der Waals surface area (Å²) in [5.41, 5.74) is 3.07. The Hall–Kier alpha value is -1.60. The monoisotopic (exact) mass is 264 g/mol. The zero-order valence-corrected chi connectivity index (χ0v) is 11.7. The van der Waals surface area contributed by atoms with E-state index in [-0.39, 0.29) is 11.5 Å². The van der Waals surface area contributed by atoms with Crippen LogP contribution in [0.3, 0.4) is 0 Å². The Morgan fingerprint density at radius 3 is 2.35 bits per heavy atom. The topological polar surface area (TPSA) is 9.23 Å². The number of hydrogen-bond acceptors (Lipinski definition) is 1. The number of rotatable bonds is 2. The van der Waals surface area contributed by atoms with Crippen LogP contribution in [0, 0.1) is 5.92 Å². The molecule has 0 N–H and O–H groups in total. The van der Waals surface area contributed by atoms with E-state index in [0.717, 1.165) is 6.61 Å². The lowest BCUT2D eigenvalue weighted by atomic mass is 9.72. The summed E-state index contributed by atoms with van der Waals surface area (Å²) >= 11 is 0. The van der Waals surface area contributed by atoms with Gasteiger partial charge in [0.25, 0.3) is 0 Å². The van der Waals surface area contributed by atoms with Gasteiger partial charge >= 0.3 is 0 Å². The molecule has 20 heavy (non-hydrogen) atoms. The van der Waals surface area contributed by atoms with E-state index in [1.165, 1.54) is 30.4 Å². The van der Waals surface area contributed by atoms with Crippen LogP contribution in [0.25, 0.3) is 0 Å². The summed E-state index contributed by atoms with van der Waals surface area (Å²) in [4.78, 5) is 0. The largest absolute Gasteiger partial charge is 0.372 e. The highest BCUT2D eigenvalue weighted by atomic mass is 16.5. The molecule has 0 bridgehead atoms. The Morgan fingerprint density at radius 1 is 0.900 bits per heavy atom. The Balaban J connectivity index is 1.73. The van der Waals surface area contributed by atoms with Gasteiger partial charge in [0, 0.05) is 11.3 Å². The van der Waals surface area contributed by atoms with Gasteiger partial charge in [0.1, 0.15) is 0 Å². The maximum Gasteiger partial charge on any atom is 0.0862 e. The lowest BCUT2D eigenvalue weighted by Gasteiger charge is -2.29. The molecule has 1 aliphatic heterocycles. The number of fused-ring (bicyclic) bond motifs is 1. The van der Waals surface area contributed by atoms with Crippen LogP contribution < -0.4 is 0 Å². The highest BCUT2D eigenvalue weighted by Gasteiger charge is 2.53. The number of benzene rings is 2. The first-order chi connectivity index (χ1) is 9.90. The van der Waals surface area contributed by atoms with E-state index in [4.69, 9.17) is 4.74 Å². The van der Waals surface area contributed by atoms with Gasteiger partial charge < -0.3 is 4.74 Å². The van der Waals surface area contributed by atoms with Crippen LogP contribution in [-0.4, -0.2) is 6.61 Å². The molecule has 1 saturated carbocycles. The van der Waals surface area contributed by atoms with Crippen molar-refractivity contribution in [2.45, 2.75) is 30.8 Å². The third-order valence-electron chi connectivity index (χ3n) is 5.21. The summed E-state index contributed by atoms with van der Waals surface area (Å²) < 4.78 is 6.26. The second-order valence-electron chi connectivity index (χ2n) is 6.16. The molecule has 4 rings (SSSR count). The minimum atomic E-state index is 0.252. The maximum atomic E-state index is 6.26. The van der Waals surface area contributed by atoms with E-state index in [2.05, 4.69) is 60.7 Å². The first-order valence-corrected chi connectivity index (χ1v) is 7.62. The summed E-state index contributed by atoms with van der Waals surface area (Å²) in [5, 5.41) is 0. The molecule has 2 fully saturated rings. The lowest BCUT2D eigenvalue weighted by molar-refractivity contribution is 0.0846. The first-order valence-electron chi connectivity index (χ1n) is 7.62. The summed E-state index contributed by atoms with van der Waals surface area (Å²) in [6, 6.07) is 21.8. The van der Waals surface area contributed by atoms with Crippen molar-refractivity contribution in [3.8, 4) is 0 Å². The molecule has 2 aromatic carbocycles. The van der Waals surface area contributed by atoms with Crippen molar-refractivity contribution in [1.82, 2.24) is 0 Å². The molecule has 0 unspecified atom stereocenters. The molecular formula is C19H20O. The molecule has 1 aliphatic carbocycles. The van der Waals surface area contributed by atoms with Crippen LogP contribution in [-0.2, 0) is 10.2 Å². The Labute approximate surface area is 120 Å². The molecular weight excluding hydrogens is 244 g/mol. The lowest BCUT2D eigenvalue weighted by Crippen LogP contribution is -2.30. The molecule has 1 heterocycles. The van der Waals surface area contributed by atoms with Crippen LogP contribution >= 0.6 is 0 Å². The van der Waals surface area contributed by atoms with Crippen LogP contribution in [0.15, 0.2) is 60.7 Å². The first kappa shape index (κ1) is 12.2. The molecule has 1 saturated heterocycles. The van der Waals surface area contributed by atoms with Crippen LogP contribution in [0.1, 0.15) is 36.5 Å². The molecule has 3 atom stereocenters. The third-order valence-corrected chi connectivity index (χ3v) is 5.21. The summed E-state index contributed by atoms with van der Waals surface area (Å²) in [6.45, 7) is 0.876. The minimum Gasteiger partial charge on any atom is -0.372 e. The molecule has 0 spiro atoms. The predicted molar refractivity (Wildman–Crippen MR) is 80.6 cm³/mol. The Morgan fingerprint density at radius 2 is 1.60 bits per heavy atom. The minimum absolute atomic E-state index is 0.252. The van der Waals surface area contributed by atoms with Crippen molar-refractivity contribution in [3.05, 3.63) is 71.8 Å². The quantitative estimate of drug-likeness (QED) is 0.776. The standard InChI is InChI=1S/C19H20O/c1-3-8-15(9-4-1)18-17-12-7-13-19(17,14-20-18)16-10-5-2-6-11-16/h1-6,8-11,17-18H,7,12-14H2/t17-,18+,19+/m0/s1. The summed E-state index contributed by atoms with van der Waals surface area (Å²) in [7, 11) is 0. The molecule has 2 aliphatic rings. The van der Waals surface area contributed by atoms with Crippen molar-refractivity contribution in [1.29, 1.82) is 0 Å². The highest BCUT2D eigenvalue weighted by Crippen LogP contribution is 2.56. The molecule has 1 nitrogen and oxygen atoms in total. The zero-order valence-electron chi connectivity index (χ0n) is 11.7. The Kier molecular flexibility index (Phi) is 2.89. The summed E-state index contributed by atoms with van der Waals surface area (Å²) in [6.07, 6.45) is 4.16. The molecule has 0 radical (unpaired) electrons. The van der Waals surface area contributed by atoms with Gasteiger partial charge in [-0.1, -0.05) is 67.1 Å². The van der Waals surface area contributed by atoms with Gasteiger partial charge in [-0.3, -0.25) is 0 Å². The molecule has 2 aromatic rings. The van der Waals surface area contributed by atoms with E-state index in [1.54, 1.807) is 0 Å². The fraction of sp³-hybridized carbons (Fsp3) is 0.368. The van der Waals surface area contributed by atoms with Crippen molar-refractivity contribution in [2.24, 2.45) is 5.92 Å². The smallest absolute Gasteiger partial charge is 0.0862 e. The van der Waals surface area contributed by atoms with Gasteiger partial charge in [0.15, 0.2) is 0 Å². The average molecular weight is 264 g/mol.